The third-order valence-corrected chi connectivity index (χ3v) is 4.79. The molecular weight excluding hydrogens is 328 g/mol. The first-order valence-electron chi connectivity index (χ1n) is 8.69. The maximum Gasteiger partial charge on any atom is 0.137 e. The molecule has 2 aromatic carbocycles. The maximum atomic E-state index is 10.4. The molecule has 0 saturated carbocycles. The van der Waals surface area contributed by atoms with E-state index in [9.17, 15) is 5.11 Å². The van der Waals surface area contributed by atoms with E-state index in [2.05, 4.69) is 33.2 Å². The second-order valence-corrected chi connectivity index (χ2v) is 6.62. The van der Waals surface area contributed by atoms with Crippen LogP contribution >= 0.6 is 0 Å². The van der Waals surface area contributed by atoms with Gasteiger partial charge in [0.2, 0.25) is 0 Å². The Hall–Kier alpha value is -2.70. The van der Waals surface area contributed by atoms with Crippen molar-refractivity contribution in [2.24, 2.45) is 0 Å². The molecule has 0 bridgehead atoms. The van der Waals surface area contributed by atoms with E-state index in [1.165, 1.54) is 17.5 Å². The average Bonchev–Trinajstić information content (AvgIpc) is 3.15. The molecule has 0 spiro atoms. The van der Waals surface area contributed by atoms with E-state index in [0.717, 1.165) is 30.0 Å². The monoisotopic (exact) mass is 350 g/mol. The van der Waals surface area contributed by atoms with Gasteiger partial charge in [-0.05, 0) is 28.8 Å². The second-order valence-electron chi connectivity index (χ2n) is 6.62. The molecule has 1 aliphatic rings. The van der Waals surface area contributed by atoms with Gasteiger partial charge in [0.1, 0.15) is 18.4 Å². The summed E-state index contributed by atoms with van der Waals surface area (Å²) in [5.74, 6) is 0.841. The standard InChI is InChI=1S/C20H22N4O2/c1-26-20-7-6-15(8-17(20)11-24-14-21-13-22-24)9-23-10-16-4-2-3-5-18(16)19(25)12-23/h2-8,13-14,19,25H,9-12H2,1H3. The number of hydrogen-bond donors (Lipinski definition) is 1. The molecule has 26 heavy (non-hydrogen) atoms. The highest BCUT2D eigenvalue weighted by Gasteiger charge is 2.23. The molecule has 4 rings (SSSR count). The van der Waals surface area contributed by atoms with Crippen molar-refractivity contribution in [1.82, 2.24) is 19.7 Å². The van der Waals surface area contributed by atoms with Gasteiger partial charge in [0.15, 0.2) is 0 Å². The van der Waals surface area contributed by atoms with Gasteiger partial charge in [0.25, 0.3) is 0 Å². The van der Waals surface area contributed by atoms with Crippen molar-refractivity contribution in [2.45, 2.75) is 25.7 Å². The molecule has 0 aliphatic carbocycles. The lowest BCUT2D eigenvalue weighted by atomic mass is 9.97. The topological polar surface area (TPSA) is 63.4 Å². The van der Waals surface area contributed by atoms with Crippen molar-refractivity contribution < 1.29 is 9.84 Å². The summed E-state index contributed by atoms with van der Waals surface area (Å²) < 4.78 is 7.27. The molecule has 0 amide bonds. The van der Waals surface area contributed by atoms with Crippen LogP contribution in [0, 0.1) is 0 Å². The summed E-state index contributed by atoms with van der Waals surface area (Å²) in [4.78, 5) is 6.27. The molecule has 1 unspecified atom stereocenters. The van der Waals surface area contributed by atoms with E-state index in [1.54, 1.807) is 18.1 Å². The Morgan fingerprint density at radius 1 is 1.19 bits per heavy atom. The lowest BCUT2D eigenvalue weighted by Gasteiger charge is -2.32. The van der Waals surface area contributed by atoms with Gasteiger partial charge in [-0.2, -0.15) is 5.10 Å². The van der Waals surface area contributed by atoms with Crippen molar-refractivity contribution >= 4 is 0 Å². The summed E-state index contributed by atoms with van der Waals surface area (Å²) in [6, 6.07) is 14.3. The molecule has 0 saturated heterocycles. The van der Waals surface area contributed by atoms with Gasteiger partial charge in [-0.1, -0.05) is 30.3 Å². The van der Waals surface area contributed by atoms with E-state index in [0.29, 0.717) is 13.1 Å². The largest absolute Gasteiger partial charge is 0.496 e. The van der Waals surface area contributed by atoms with Crippen LogP contribution in [0.1, 0.15) is 28.4 Å². The Morgan fingerprint density at radius 3 is 2.88 bits per heavy atom. The van der Waals surface area contributed by atoms with Gasteiger partial charge >= 0.3 is 0 Å². The van der Waals surface area contributed by atoms with Gasteiger partial charge in [-0.3, -0.25) is 4.90 Å². The number of benzene rings is 2. The summed E-state index contributed by atoms with van der Waals surface area (Å²) in [5.41, 5.74) is 4.49. The Kier molecular flexibility index (Phi) is 4.69. The van der Waals surface area contributed by atoms with Crippen LogP contribution in [-0.2, 0) is 19.6 Å². The van der Waals surface area contributed by atoms with Crippen molar-refractivity contribution in [1.29, 1.82) is 0 Å². The average molecular weight is 350 g/mol. The summed E-state index contributed by atoms with van der Waals surface area (Å²) >= 11 is 0. The van der Waals surface area contributed by atoms with Crippen LogP contribution in [0.5, 0.6) is 5.75 Å². The van der Waals surface area contributed by atoms with Crippen molar-refractivity contribution in [3.63, 3.8) is 0 Å². The lowest BCUT2D eigenvalue weighted by molar-refractivity contribution is 0.0882. The minimum atomic E-state index is -0.437. The second kappa shape index (κ2) is 7.27. The van der Waals surface area contributed by atoms with Crippen LogP contribution in [0.4, 0.5) is 0 Å². The van der Waals surface area contributed by atoms with E-state index in [1.807, 2.05) is 24.3 Å². The molecule has 1 aliphatic heterocycles. The molecule has 1 N–H and O–H groups in total. The molecule has 3 aromatic rings. The summed E-state index contributed by atoms with van der Waals surface area (Å²) in [7, 11) is 1.68. The number of hydrogen-bond acceptors (Lipinski definition) is 5. The van der Waals surface area contributed by atoms with Crippen LogP contribution in [0.25, 0.3) is 0 Å². The fourth-order valence-corrected chi connectivity index (χ4v) is 3.57. The number of rotatable bonds is 5. The minimum absolute atomic E-state index is 0.437. The molecule has 6 heteroatoms. The quantitative estimate of drug-likeness (QED) is 0.765. The van der Waals surface area contributed by atoms with Crippen LogP contribution in [0.15, 0.2) is 55.1 Å². The van der Waals surface area contributed by atoms with E-state index in [4.69, 9.17) is 4.74 Å². The van der Waals surface area contributed by atoms with Gasteiger partial charge in [-0.25, -0.2) is 9.67 Å². The zero-order chi connectivity index (χ0) is 17.9. The molecule has 1 atom stereocenters. The molecule has 134 valence electrons. The number of aliphatic hydroxyl groups is 1. The molecular formula is C20H22N4O2. The SMILES string of the molecule is COc1ccc(CN2Cc3ccccc3C(O)C2)cc1Cn1cncn1. The van der Waals surface area contributed by atoms with Crippen LogP contribution in [0.2, 0.25) is 0 Å². The Labute approximate surface area is 152 Å². The van der Waals surface area contributed by atoms with Crippen LogP contribution in [-0.4, -0.2) is 38.4 Å². The number of nitrogens with zero attached hydrogens (tertiary/aromatic N) is 4. The first-order valence-corrected chi connectivity index (χ1v) is 8.69. The van der Waals surface area contributed by atoms with Crippen molar-refractivity contribution in [3.8, 4) is 5.75 Å². The number of ether oxygens (including phenoxy) is 1. The van der Waals surface area contributed by atoms with Gasteiger partial charge in [0.05, 0.1) is 19.8 Å². The summed E-state index contributed by atoms with van der Waals surface area (Å²) in [5, 5.41) is 14.6. The van der Waals surface area contributed by atoms with E-state index in [-0.39, 0.29) is 0 Å². The number of β-amino-alcohol motifs (C(OH)–C–C–N with tert-alkyl or cyclic N) is 1. The van der Waals surface area contributed by atoms with Crippen LogP contribution < -0.4 is 4.74 Å². The fourth-order valence-electron chi connectivity index (χ4n) is 3.57. The Bertz CT molecular complexity index is 879. The number of fused-ring (bicyclic) bond motifs is 1. The fraction of sp³-hybridized carbons (Fsp3) is 0.300. The van der Waals surface area contributed by atoms with Gasteiger partial charge < -0.3 is 9.84 Å². The van der Waals surface area contributed by atoms with Gasteiger partial charge in [0, 0.05) is 25.2 Å². The Morgan fingerprint density at radius 2 is 2.08 bits per heavy atom. The first-order chi connectivity index (χ1) is 12.7. The highest BCUT2D eigenvalue weighted by atomic mass is 16.5. The normalized spacial score (nSPS) is 17.1. The summed E-state index contributed by atoms with van der Waals surface area (Å²) in [6.45, 7) is 2.88. The van der Waals surface area contributed by atoms with E-state index >= 15 is 0 Å². The molecule has 2 heterocycles. The first kappa shape index (κ1) is 16.8. The zero-order valence-corrected chi connectivity index (χ0v) is 14.7. The predicted octanol–water partition coefficient (Wildman–Crippen LogP) is 2.38. The van der Waals surface area contributed by atoms with Crippen molar-refractivity contribution in [3.05, 3.63) is 77.4 Å². The predicted molar refractivity (Wildman–Crippen MR) is 97.6 cm³/mol. The zero-order valence-electron chi connectivity index (χ0n) is 14.7. The highest BCUT2D eigenvalue weighted by Crippen LogP contribution is 2.28. The minimum Gasteiger partial charge on any atom is -0.496 e. The maximum absolute atomic E-state index is 10.4. The molecule has 0 fully saturated rings. The van der Waals surface area contributed by atoms with E-state index < -0.39 is 6.10 Å². The third kappa shape index (κ3) is 3.47. The number of methoxy groups -OCH3 is 1. The van der Waals surface area contributed by atoms with Crippen LogP contribution in [0.3, 0.4) is 0 Å². The van der Waals surface area contributed by atoms with Gasteiger partial charge in [-0.15, -0.1) is 0 Å². The Balaban J connectivity index is 1.53. The smallest absolute Gasteiger partial charge is 0.137 e. The number of aromatic nitrogens is 3. The molecule has 1 aromatic heterocycles. The van der Waals surface area contributed by atoms with Crippen molar-refractivity contribution in [2.75, 3.05) is 13.7 Å². The summed E-state index contributed by atoms with van der Waals surface area (Å²) in [6.07, 6.45) is 2.79. The molecule has 6 nitrogen and oxygen atoms in total. The third-order valence-electron chi connectivity index (χ3n) is 4.79. The highest BCUT2D eigenvalue weighted by molar-refractivity contribution is 5.38. The molecule has 0 radical (unpaired) electrons. The lowest BCUT2D eigenvalue weighted by Crippen LogP contribution is -2.33. The number of aliphatic hydroxyl groups excluding tert-OH is 1.